The molecule has 0 saturated heterocycles. The zero-order valence-electron chi connectivity index (χ0n) is 12.9. The molecular weight excluding hydrogens is 284 g/mol. The molecule has 0 saturated carbocycles. The summed E-state index contributed by atoms with van der Waals surface area (Å²) in [7, 11) is 0. The number of hydrogen-bond acceptors (Lipinski definition) is 4. The maximum atomic E-state index is 12.0. The maximum Gasteiger partial charge on any atom is 0.326 e. The quantitative estimate of drug-likeness (QED) is 0.559. The molecule has 1 amide bonds. The molecule has 0 radical (unpaired) electrons. The molecule has 122 valence electrons. The molecule has 0 spiro atoms. The van der Waals surface area contributed by atoms with Gasteiger partial charge in [0, 0.05) is 6.04 Å². The predicted molar refractivity (Wildman–Crippen MR) is 83.1 cm³/mol. The van der Waals surface area contributed by atoms with Gasteiger partial charge in [-0.1, -0.05) is 44.2 Å². The molecule has 1 aromatic carbocycles. The van der Waals surface area contributed by atoms with Crippen LogP contribution in [0.15, 0.2) is 30.3 Å². The number of nitrogens with two attached hydrogens (primary N) is 1. The first-order chi connectivity index (χ1) is 10.3. The van der Waals surface area contributed by atoms with E-state index in [4.69, 9.17) is 10.8 Å². The minimum atomic E-state index is -1.45. The largest absolute Gasteiger partial charge is 0.480 e. The SMILES string of the molecule is CC(C)C[C@H](NC(=O)[C@H](O)[C@@H](N)Cc1ccccc1)C(=O)O. The van der Waals surface area contributed by atoms with Gasteiger partial charge < -0.3 is 21.3 Å². The van der Waals surface area contributed by atoms with Gasteiger partial charge in [-0.05, 0) is 24.3 Å². The van der Waals surface area contributed by atoms with Crippen molar-refractivity contribution in [3.05, 3.63) is 35.9 Å². The third-order valence-corrected chi connectivity index (χ3v) is 3.31. The summed E-state index contributed by atoms with van der Waals surface area (Å²) in [6, 6.07) is 7.44. The fourth-order valence-corrected chi connectivity index (χ4v) is 2.14. The molecule has 0 aliphatic carbocycles. The minimum absolute atomic E-state index is 0.108. The molecule has 0 aromatic heterocycles. The highest BCUT2D eigenvalue weighted by Gasteiger charge is 2.28. The monoisotopic (exact) mass is 308 g/mol. The molecule has 22 heavy (non-hydrogen) atoms. The third-order valence-electron chi connectivity index (χ3n) is 3.31. The minimum Gasteiger partial charge on any atom is -0.480 e. The summed E-state index contributed by atoms with van der Waals surface area (Å²) < 4.78 is 0. The Morgan fingerprint density at radius 3 is 2.32 bits per heavy atom. The number of carboxylic acids is 1. The van der Waals surface area contributed by atoms with Crippen LogP contribution in [0.4, 0.5) is 0 Å². The molecule has 1 aromatic rings. The molecule has 0 heterocycles. The second-order valence-corrected chi connectivity index (χ2v) is 5.83. The van der Waals surface area contributed by atoms with Crippen molar-refractivity contribution in [3.8, 4) is 0 Å². The van der Waals surface area contributed by atoms with E-state index in [-0.39, 0.29) is 5.92 Å². The fourth-order valence-electron chi connectivity index (χ4n) is 2.14. The van der Waals surface area contributed by atoms with Crippen molar-refractivity contribution in [2.45, 2.75) is 44.9 Å². The van der Waals surface area contributed by atoms with Gasteiger partial charge in [0.25, 0.3) is 5.91 Å². The summed E-state index contributed by atoms with van der Waals surface area (Å²) in [4.78, 5) is 23.1. The Morgan fingerprint density at radius 1 is 1.23 bits per heavy atom. The van der Waals surface area contributed by atoms with E-state index in [1.807, 2.05) is 44.2 Å². The van der Waals surface area contributed by atoms with Gasteiger partial charge in [0.15, 0.2) is 0 Å². The van der Waals surface area contributed by atoms with E-state index in [0.717, 1.165) is 5.56 Å². The molecule has 0 unspecified atom stereocenters. The Balaban J connectivity index is 2.61. The van der Waals surface area contributed by atoms with Crippen LogP contribution in [0, 0.1) is 5.92 Å². The lowest BCUT2D eigenvalue weighted by Crippen LogP contribution is -2.52. The lowest BCUT2D eigenvalue weighted by Gasteiger charge is -2.22. The van der Waals surface area contributed by atoms with Crippen molar-refractivity contribution in [2.75, 3.05) is 0 Å². The summed E-state index contributed by atoms with van der Waals surface area (Å²) in [6.07, 6.45) is -0.826. The maximum absolute atomic E-state index is 12.0. The van der Waals surface area contributed by atoms with Crippen molar-refractivity contribution in [1.29, 1.82) is 0 Å². The Kier molecular flexibility index (Phi) is 7.01. The van der Waals surface area contributed by atoms with Gasteiger partial charge in [-0.15, -0.1) is 0 Å². The van der Waals surface area contributed by atoms with Gasteiger partial charge in [0.1, 0.15) is 12.1 Å². The van der Waals surface area contributed by atoms with E-state index in [0.29, 0.717) is 12.8 Å². The Hall–Kier alpha value is -1.92. The van der Waals surface area contributed by atoms with Gasteiger partial charge in [0.05, 0.1) is 0 Å². The molecule has 0 aliphatic rings. The van der Waals surface area contributed by atoms with E-state index in [2.05, 4.69) is 5.32 Å². The van der Waals surface area contributed by atoms with Crippen molar-refractivity contribution in [1.82, 2.24) is 5.32 Å². The van der Waals surface area contributed by atoms with Gasteiger partial charge in [-0.3, -0.25) is 4.79 Å². The van der Waals surface area contributed by atoms with E-state index in [9.17, 15) is 14.7 Å². The summed E-state index contributed by atoms with van der Waals surface area (Å²) in [6.45, 7) is 3.72. The van der Waals surface area contributed by atoms with E-state index in [1.165, 1.54) is 0 Å². The molecule has 0 bridgehead atoms. The molecule has 5 N–H and O–H groups in total. The first kappa shape index (κ1) is 18.1. The van der Waals surface area contributed by atoms with Crippen LogP contribution in [0.1, 0.15) is 25.8 Å². The van der Waals surface area contributed by atoms with Crippen LogP contribution in [0.3, 0.4) is 0 Å². The highest BCUT2D eigenvalue weighted by Crippen LogP contribution is 2.08. The summed E-state index contributed by atoms with van der Waals surface area (Å²) >= 11 is 0. The van der Waals surface area contributed by atoms with Crippen LogP contribution >= 0.6 is 0 Å². The van der Waals surface area contributed by atoms with Crippen LogP contribution in [0.2, 0.25) is 0 Å². The standard InChI is InChI=1S/C16H24N2O4/c1-10(2)8-13(16(21)22)18-15(20)14(19)12(17)9-11-6-4-3-5-7-11/h3-7,10,12-14,19H,8-9,17H2,1-2H3,(H,18,20)(H,21,22)/t12-,13-,14+/m0/s1. The molecule has 3 atom stereocenters. The topological polar surface area (TPSA) is 113 Å². The van der Waals surface area contributed by atoms with Crippen LogP contribution in [-0.2, 0) is 16.0 Å². The Labute approximate surface area is 130 Å². The zero-order valence-corrected chi connectivity index (χ0v) is 12.9. The van der Waals surface area contributed by atoms with Gasteiger partial charge in [-0.25, -0.2) is 4.79 Å². The summed E-state index contributed by atoms with van der Waals surface area (Å²) in [5, 5.41) is 21.4. The highest BCUT2D eigenvalue weighted by atomic mass is 16.4. The van der Waals surface area contributed by atoms with Crippen LogP contribution in [0.25, 0.3) is 0 Å². The summed E-state index contributed by atoms with van der Waals surface area (Å²) in [5.74, 6) is -1.76. The lowest BCUT2D eigenvalue weighted by molar-refractivity contribution is -0.144. The molecule has 6 nitrogen and oxygen atoms in total. The first-order valence-electron chi connectivity index (χ1n) is 7.32. The molecular formula is C16H24N2O4. The van der Waals surface area contributed by atoms with E-state index < -0.39 is 30.1 Å². The number of aliphatic carboxylic acids is 1. The van der Waals surface area contributed by atoms with Crippen molar-refractivity contribution >= 4 is 11.9 Å². The Bertz CT molecular complexity index is 490. The Morgan fingerprint density at radius 2 is 1.82 bits per heavy atom. The smallest absolute Gasteiger partial charge is 0.326 e. The number of hydrogen-bond donors (Lipinski definition) is 4. The molecule has 6 heteroatoms. The predicted octanol–water partition coefficient (Wildman–Crippen LogP) is 0.533. The average molecular weight is 308 g/mol. The van der Waals surface area contributed by atoms with E-state index >= 15 is 0 Å². The fraction of sp³-hybridized carbons (Fsp3) is 0.500. The van der Waals surface area contributed by atoms with Crippen LogP contribution in [-0.4, -0.2) is 40.3 Å². The summed E-state index contributed by atoms with van der Waals surface area (Å²) in [5.41, 5.74) is 6.75. The highest BCUT2D eigenvalue weighted by molar-refractivity contribution is 5.86. The van der Waals surface area contributed by atoms with Gasteiger partial charge in [0.2, 0.25) is 0 Å². The number of carboxylic acid groups (broad SMARTS) is 1. The average Bonchev–Trinajstić information content (AvgIpc) is 2.46. The third kappa shape index (κ3) is 5.83. The normalized spacial score (nSPS) is 15.1. The van der Waals surface area contributed by atoms with Crippen LogP contribution in [0.5, 0.6) is 0 Å². The first-order valence-corrected chi connectivity index (χ1v) is 7.32. The van der Waals surface area contributed by atoms with Crippen molar-refractivity contribution in [3.63, 3.8) is 0 Å². The number of rotatable bonds is 8. The van der Waals surface area contributed by atoms with Gasteiger partial charge >= 0.3 is 5.97 Å². The molecule has 0 fully saturated rings. The second kappa shape index (κ2) is 8.51. The number of carbonyl (C=O) groups is 2. The van der Waals surface area contributed by atoms with E-state index in [1.54, 1.807) is 0 Å². The second-order valence-electron chi connectivity index (χ2n) is 5.83. The number of benzene rings is 1. The molecule has 0 aliphatic heterocycles. The number of aliphatic hydroxyl groups is 1. The van der Waals surface area contributed by atoms with Crippen molar-refractivity contribution in [2.24, 2.45) is 11.7 Å². The zero-order chi connectivity index (χ0) is 16.7. The number of carbonyl (C=O) groups excluding carboxylic acids is 1. The number of nitrogens with one attached hydrogen (secondary N) is 1. The molecule has 1 rings (SSSR count). The van der Waals surface area contributed by atoms with Crippen LogP contribution < -0.4 is 11.1 Å². The number of aliphatic hydroxyl groups excluding tert-OH is 1. The van der Waals surface area contributed by atoms with Crippen molar-refractivity contribution < 1.29 is 19.8 Å². The number of amides is 1. The van der Waals surface area contributed by atoms with Gasteiger partial charge in [-0.2, -0.15) is 0 Å². The lowest BCUT2D eigenvalue weighted by atomic mass is 10.00.